The first-order valence-electron chi connectivity index (χ1n) is 4.19. The van der Waals surface area contributed by atoms with E-state index in [0.29, 0.717) is 5.75 Å². The largest absolute Gasteiger partial charge is 0.508 e. The summed E-state index contributed by atoms with van der Waals surface area (Å²) in [4.78, 5) is 0. The maximum absolute atomic E-state index is 9.14. The average Bonchev–Trinajstić information content (AvgIpc) is 2.05. The number of benzene rings is 1. The van der Waals surface area contributed by atoms with Crippen molar-refractivity contribution in [1.29, 1.82) is 0 Å². The second-order valence-corrected chi connectivity index (χ2v) is 4.50. The van der Waals surface area contributed by atoms with Gasteiger partial charge in [-0.3, -0.25) is 3.53 Å². The fourth-order valence-corrected chi connectivity index (χ4v) is 2.14. The number of phenolic OH excluding ortho intramolecular Hbond substituents is 1. The first-order chi connectivity index (χ1) is 6.06. The molecule has 0 heterocycles. The lowest BCUT2D eigenvalue weighted by Crippen LogP contribution is -2.27. The lowest BCUT2D eigenvalue weighted by atomic mass is 9.85. The molecule has 3 heteroatoms. The van der Waals surface area contributed by atoms with E-state index in [1.165, 1.54) is 5.56 Å². The minimum absolute atomic E-state index is 0.106. The van der Waals surface area contributed by atoms with Crippen molar-refractivity contribution in [3.05, 3.63) is 29.8 Å². The van der Waals surface area contributed by atoms with Gasteiger partial charge in [0.1, 0.15) is 5.75 Å². The number of rotatable bonds is 3. The van der Waals surface area contributed by atoms with E-state index in [0.717, 1.165) is 6.54 Å². The Morgan fingerprint density at radius 2 is 1.85 bits per heavy atom. The van der Waals surface area contributed by atoms with Gasteiger partial charge in [0.15, 0.2) is 0 Å². The highest BCUT2D eigenvalue weighted by Crippen LogP contribution is 2.24. The molecule has 2 N–H and O–H groups in total. The molecule has 0 unspecified atom stereocenters. The van der Waals surface area contributed by atoms with E-state index in [9.17, 15) is 0 Å². The molecule has 0 aliphatic carbocycles. The zero-order valence-corrected chi connectivity index (χ0v) is 10.00. The maximum Gasteiger partial charge on any atom is 0.115 e. The third-order valence-corrected chi connectivity index (χ3v) is 2.54. The molecule has 72 valence electrons. The van der Waals surface area contributed by atoms with Gasteiger partial charge >= 0.3 is 0 Å². The normalized spacial score (nSPS) is 11.6. The summed E-state index contributed by atoms with van der Waals surface area (Å²) in [5, 5.41) is 9.14. The summed E-state index contributed by atoms with van der Waals surface area (Å²) >= 11 is 2.15. The van der Waals surface area contributed by atoms with Crippen LogP contribution in [0.2, 0.25) is 0 Å². The van der Waals surface area contributed by atoms with Crippen molar-refractivity contribution >= 4 is 22.9 Å². The van der Waals surface area contributed by atoms with Gasteiger partial charge in [-0.1, -0.05) is 26.0 Å². The average molecular weight is 291 g/mol. The zero-order valence-electron chi connectivity index (χ0n) is 7.84. The Hall–Kier alpha value is -0.290. The molecule has 0 fully saturated rings. The smallest absolute Gasteiger partial charge is 0.115 e. The molecular weight excluding hydrogens is 277 g/mol. The molecule has 0 atom stereocenters. The SMILES string of the molecule is CC(C)(CNI)c1ccc(O)cc1. The molecule has 0 spiro atoms. The summed E-state index contributed by atoms with van der Waals surface area (Å²) in [5.74, 6) is 0.321. The van der Waals surface area contributed by atoms with Gasteiger partial charge < -0.3 is 5.11 Å². The third kappa shape index (κ3) is 2.84. The Balaban J connectivity index is 2.87. The summed E-state index contributed by atoms with van der Waals surface area (Å²) in [6.45, 7) is 5.26. The fourth-order valence-electron chi connectivity index (χ4n) is 1.18. The molecular formula is C10H14INO. The van der Waals surface area contributed by atoms with E-state index in [-0.39, 0.29) is 5.41 Å². The molecule has 0 amide bonds. The van der Waals surface area contributed by atoms with Crippen molar-refractivity contribution in [3.63, 3.8) is 0 Å². The minimum atomic E-state index is 0.106. The van der Waals surface area contributed by atoms with Crippen LogP contribution >= 0.6 is 22.9 Å². The van der Waals surface area contributed by atoms with Crippen molar-refractivity contribution in [1.82, 2.24) is 3.53 Å². The van der Waals surface area contributed by atoms with E-state index >= 15 is 0 Å². The number of aromatic hydroxyl groups is 1. The molecule has 0 bridgehead atoms. The number of hydrogen-bond acceptors (Lipinski definition) is 2. The number of nitrogens with one attached hydrogen (secondary N) is 1. The van der Waals surface area contributed by atoms with Crippen molar-refractivity contribution in [2.24, 2.45) is 0 Å². The van der Waals surface area contributed by atoms with E-state index < -0.39 is 0 Å². The lowest BCUT2D eigenvalue weighted by Gasteiger charge is -2.24. The van der Waals surface area contributed by atoms with Gasteiger partial charge in [-0.05, 0) is 17.7 Å². The summed E-state index contributed by atoms with van der Waals surface area (Å²) in [6, 6.07) is 7.38. The van der Waals surface area contributed by atoms with E-state index in [1.807, 2.05) is 12.1 Å². The highest BCUT2D eigenvalue weighted by Gasteiger charge is 2.19. The van der Waals surface area contributed by atoms with Crippen molar-refractivity contribution < 1.29 is 5.11 Å². The van der Waals surface area contributed by atoms with Gasteiger partial charge in [0, 0.05) is 34.8 Å². The molecule has 0 aliphatic heterocycles. The molecule has 0 aliphatic rings. The van der Waals surface area contributed by atoms with Crippen LogP contribution in [0.5, 0.6) is 5.75 Å². The Morgan fingerprint density at radius 3 is 2.31 bits per heavy atom. The predicted molar refractivity (Wildman–Crippen MR) is 63.2 cm³/mol. The number of halogens is 1. The van der Waals surface area contributed by atoms with Crippen molar-refractivity contribution in [2.75, 3.05) is 6.54 Å². The molecule has 1 aromatic rings. The van der Waals surface area contributed by atoms with Crippen LogP contribution in [0.1, 0.15) is 19.4 Å². The highest BCUT2D eigenvalue weighted by atomic mass is 127. The third-order valence-electron chi connectivity index (χ3n) is 2.16. The number of hydrogen-bond donors (Lipinski definition) is 2. The summed E-state index contributed by atoms with van der Waals surface area (Å²) in [6.07, 6.45) is 0. The van der Waals surface area contributed by atoms with E-state index in [4.69, 9.17) is 5.11 Å². The quantitative estimate of drug-likeness (QED) is 0.663. The Bertz CT molecular complexity index is 269. The van der Waals surface area contributed by atoms with E-state index in [1.54, 1.807) is 12.1 Å². The second-order valence-electron chi connectivity index (χ2n) is 3.74. The molecule has 1 aromatic carbocycles. The summed E-state index contributed by atoms with van der Waals surface area (Å²) in [7, 11) is 0. The van der Waals surface area contributed by atoms with Crippen LogP contribution in [0.3, 0.4) is 0 Å². The van der Waals surface area contributed by atoms with Crippen LogP contribution in [0.15, 0.2) is 24.3 Å². The van der Waals surface area contributed by atoms with Crippen molar-refractivity contribution in [3.8, 4) is 5.75 Å². The van der Waals surface area contributed by atoms with Gasteiger partial charge in [0.25, 0.3) is 0 Å². The predicted octanol–water partition coefficient (Wildman–Crippen LogP) is 2.61. The van der Waals surface area contributed by atoms with Gasteiger partial charge in [-0.2, -0.15) is 0 Å². The molecule has 13 heavy (non-hydrogen) atoms. The molecule has 0 aromatic heterocycles. The van der Waals surface area contributed by atoms with Crippen LogP contribution in [0, 0.1) is 0 Å². The van der Waals surface area contributed by atoms with Crippen molar-refractivity contribution in [2.45, 2.75) is 19.3 Å². The summed E-state index contributed by atoms with van der Waals surface area (Å²) in [5.41, 5.74) is 1.34. The Morgan fingerprint density at radius 1 is 1.31 bits per heavy atom. The summed E-state index contributed by atoms with van der Waals surface area (Å²) < 4.78 is 3.13. The standard InChI is InChI=1S/C10H14INO/c1-10(2,7-12-11)8-3-5-9(13)6-4-8/h3-6,12-13H,7H2,1-2H3. The molecule has 1 rings (SSSR count). The van der Waals surface area contributed by atoms with Crippen LogP contribution in [-0.2, 0) is 5.41 Å². The first kappa shape index (κ1) is 10.8. The van der Waals surface area contributed by atoms with Gasteiger partial charge in [0.05, 0.1) is 0 Å². The van der Waals surface area contributed by atoms with Crippen LogP contribution in [0.4, 0.5) is 0 Å². The second kappa shape index (κ2) is 4.28. The molecule has 0 radical (unpaired) electrons. The van der Waals surface area contributed by atoms with Crippen LogP contribution < -0.4 is 3.53 Å². The molecule has 2 nitrogen and oxygen atoms in total. The number of phenols is 1. The molecule has 0 saturated carbocycles. The van der Waals surface area contributed by atoms with Gasteiger partial charge in [-0.25, -0.2) is 0 Å². The monoisotopic (exact) mass is 291 g/mol. The van der Waals surface area contributed by atoms with Gasteiger partial charge in [0.2, 0.25) is 0 Å². The van der Waals surface area contributed by atoms with Crippen LogP contribution in [-0.4, -0.2) is 11.7 Å². The molecule has 0 saturated heterocycles. The first-order valence-corrected chi connectivity index (χ1v) is 5.27. The Labute approximate surface area is 92.9 Å². The maximum atomic E-state index is 9.14. The van der Waals surface area contributed by atoms with E-state index in [2.05, 4.69) is 40.2 Å². The Kier molecular flexibility index (Phi) is 3.55. The fraction of sp³-hybridized carbons (Fsp3) is 0.400. The van der Waals surface area contributed by atoms with Crippen LogP contribution in [0.25, 0.3) is 0 Å². The van der Waals surface area contributed by atoms with Gasteiger partial charge in [-0.15, -0.1) is 0 Å². The zero-order chi connectivity index (χ0) is 9.90. The lowest BCUT2D eigenvalue weighted by molar-refractivity contribution is 0.473. The highest BCUT2D eigenvalue weighted by molar-refractivity contribution is 14.1. The minimum Gasteiger partial charge on any atom is -0.508 e. The topological polar surface area (TPSA) is 32.3 Å².